The van der Waals surface area contributed by atoms with E-state index in [9.17, 15) is 4.39 Å². The first-order valence-electron chi connectivity index (χ1n) is 6.77. The first-order valence-corrected chi connectivity index (χ1v) is 8.34. The molecule has 1 nitrogen and oxygen atoms in total. The molecule has 1 N–H and O–H groups in total. The van der Waals surface area contributed by atoms with Crippen molar-refractivity contribution < 1.29 is 4.39 Å². The van der Waals surface area contributed by atoms with Crippen LogP contribution in [0.2, 0.25) is 10.0 Å². The summed E-state index contributed by atoms with van der Waals surface area (Å²) in [5.41, 5.74) is 0.709. The highest BCUT2D eigenvalue weighted by Gasteiger charge is 2.21. The summed E-state index contributed by atoms with van der Waals surface area (Å²) in [5, 5.41) is 4.39. The van der Waals surface area contributed by atoms with Gasteiger partial charge in [0.05, 0.1) is 10.0 Å². The second-order valence-corrected chi connectivity index (χ2v) is 6.98. The number of hydrogen-bond donors (Lipinski definition) is 1. The Hall–Kier alpha value is -0.740. The molecule has 1 aliphatic carbocycles. The van der Waals surface area contributed by atoms with Gasteiger partial charge in [-0.05, 0) is 43.2 Å². The molecule has 0 amide bonds. The van der Waals surface area contributed by atoms with E-state index in [1.165, 1.54) is 30.7 Å². The van der Waals surface area contributed by atoms with Gasteiger partial charge in [0.25, 0.3) is 0 Å². The van der Waals surface area contributed by atoms with Crippen LogP contribution in [-0.4, -0.2) is 6.04 Å². The minimum atomic E-state index is -0.173. The van der Waals surface area contributed by atoms with Gasteiger partial charge in [-0.2, -0.15) is 0 Å². The molecule has 0 aliphatic heterocycles. The highest BCUT2D eigenvalue weighted by molar-refractivity contribution is 7.99. The summed E-state index contributed by atoms with van der Waals surface area (Å²) in [5.74, 6) is -0.173. The van der Waals surface area contributed by atoms with E-state index in [1.54, 1.807) is 18.2 Å². The molecule has 5 heteroatoms. The standard InChI is InChI=1S/C16H14Cl2FNS/c17-13-7-6-11(8-14(13)18)21-16-3-1-2-15(19)12(16)9-20-10-4-5-10/h1-3,6-8,10,20H,4-5,9H2. The van der Waals surface area contributed by atoms with E-state index < -0.39 is 0 Å². The number of halogens is 3. The SMILES string of the molecule is Fc1cccc(Sc2ccc(Cl)c(Cl)c2)c1CNC1CC1. The topological polar surface area (TPSA) is 12.0 Å². The number of benzene rings is 2. The minimum Gasteiger partial charge on any atom is -0.310 e. The van der Waals surface area contributed by atoms with Gasteiger partial charge in [-0.1, -0.05) is 41.0 Å². The summed E-state index contributed by atoms with van der Waals surface area (Å²) in [4.78, 5) is 1.85. The largest absolute Gasteiger partial charge is 0.310 e. The van der Waals surface area contributed by atoms with Gasteiger partial charge in [-0.3, -0.25) is 0 Å². The van der Waals surface area contributed by atoms with E-state index >= 15 is 0 Å². The Morgan fingerprint density at radius 3 is 2.67 bits per heavy atom. The lowest BCUT2D eigenvalue weighted by Gasteiger charge is -2.11. The monoisotopic (exact) mass is 341 g/mol. The molecule has 2 aromatic carbocycles. The highest BCUT2D eigenvalue weighted by atomic mass is 35.5. The molecule has 110 valence electrons. The summed E-state index contributed by atoms with van der Waals surface area (Å²) < 4.78 is 14.1. The van der Waals surface area contributed by atoms with Crippen molar-refractivity contribution in [3.8, 4) is 0 Å². The molecule has 0 bridgehead atoms. The lowest BCUT2D eigenvalue weighted by atomic mass is 10.2. The van der Waals surface area contributed by atoms with Crippen molar-refractivity contribution in [3.63, 3.8) is 0 Å². The number of hydrogen-bond acceptors (Lipinski definition) is 2. The zero-order valence-corrected chi connectivity index (χ0v) is 13.5. The van der Waals surface area contributed by atoms with E-state index in [2.05, 4.69) is 5.32 Å². The van der Waals surface area contributed by atoms with Crippen molar-refractivity contribution in [3.05, 3.63) is 57.8 Å². The molecule has 0 heterocycles. The molecule has 0 atom stereocenters. The van der Waals surface area contributed by atoms with Crippen molar-refractivity contribution in [2.75, 3.05) is 0 Å². The molecule has 21 heavy (non-hydrogen) atoms. The van der Waals surface area contributed by atoms with Crippen LogP contribution in [0.5, 0.6) is 0 Å². The summed E-state index contributed by atoms with van der Waals surface area (Å²) >= 11 is 13.5. The molecule has 1 saturated carbocycles. The van der Waals surface area contributed by atoms with Crippen LogP contribution in [-0.2, 0) is 6.54 Å². The Bertz CT molecular complexity index is 659. The van der Waals surface area contributed by atoms with Gasteiger partial charge in [0.2, 0.25) is 0 Å². The second-order valence-electron chi connectivity index (χ2n) is 5.05. The fourth-order valence-electron chi connectivity index (χ4n) is 2.01. The summed E-state index contributed by atoms with van der Waals surface area (Å²) in [6.07, 6.45) is 2.37. The van der Waals surface area contributed by atoms with Gasteiger partial charge in [0.15, 0.2) is 0 Å². The Morgan fingerprint density at radius 1 is 1.14 bits per heavy atom. The third kappa shape index (κ3) is 3.92. The van der Waals surface area contributed by atoms with Crippen LogP contribution in [0.15, 0.2) is 46.2 Å². The van der Waals surface area contributed by atoms with Crippen LogP contribution in [0.3, 0.4) is 0 Å². The number of rotatable bonds is 5. The first kappa shape index (κ1) is 15.2. The van der Waals surface area contributed by atoms with Crippen molar-refractivity contribution in [2.24, 2.45) is 0 Å². The zero-order valence-electron chi connectivity index (χ0n) is 11.2. The smallest absolute Gasteiger partial charge is 0.128 e. The fourth-order valence-corrected chi connectivity index (χ4v) is 3.38. The molecular formula is C16H14Cl2FNS. The maximum Gasteiger partial charge on any atom is 0.128 e. The maximum absolute atomic E-state index is 14.1. The highest BCUT2D eigenvalue weighted by Crippen LogP contribution is 2.35. The van der Waals surface area contributed by atoms with Gasteiger partial charge in [-0.15, -0.1) is 0 Å². The predicted molar refractivity (Wildman–Crippen MR) is 86.8 cm³/mol. The van der Waals surface area contributed by atoms with Gasteiger partial charge < -0.3 is 5.32 Å². The Morgan fingerprint density at radius 2 is 1.95 bits per heavy atom. The molecule has 0 aromatic heterocycles. The van der Waals surface area contributed by atoms with Crippen LogP contribution >= 0.6 is 35.0 Å². The minimum absolute atomic E-state index is 0.173. The lowest BCUT2D eigenvalue weighted by Crippen LogP contribution is -2.16. The van der Waals surface area contributed by atoms with Crippen molar-refractivity contribution in [1.29, 1.82) is 0 Å². The first-order chi connectivity index (χ1) is 10.1. The predicted octanol–water partition coefficient (Wildman–Crippen LogP) is 5.54. The molecule has 0 spiro atoms. The molecule has 0 radical (unpaired) electrons. The van der Waals surface area contributed by atoms with Crippen molar-refractivity contribution in [2.45, 2.75) is 35.2 Å². The third-order valence-electron chi connectivity index (χ3n) is 3.34. The van der Waals surface area contributed by atoms with Crippen LogP contribution in [0, 0.1) is 5.82 Å². The second kappa shape index (κ2) is 6.57. The van der Waals surface area contributed by atoms with Crippen LogP contribution in [0.4, 0.5) is 4.39 Å². The zero-order chi connectivity index (χ0) is 14.8. The average Bonchev–Trinajstić information content (AvgIpc) is 3.26. The van der Waals surface area contributed by atoms with Gasteiger partial charge in [0.1, 0.15) is 5.82 Å². The molecular weight excluding hydrogens is 328 g/mol. The van der Waals surface area contributed by atoms with Gasteiger partial charge >= 0.3 is 0 Å². The van der Waals surface area contributed by atoms with E-state index in [0.717, 1.165) is 9.79 Å². The normalized spacial score (nSPS) is 14.4. The quantitative estimate of drug-likeness (QED) is 0.766. The average molecular weight is 342 g/mol. The molecule has 3 rings (SSSR count). The number of nitrogens with one attached hydrogen (secondary N) is 1. The maximum atomic E-state index is 14.1. The van der Waals surface area contributed by atoms with E-state index in [0.29, 0.717) is 28.2 Å². The van der Waals surface area contributed by atoms with Crippen LogP contribution in [0.1, 0.15) is 18.4 Å². The Labute approximate surface area is 137 Å². The van der Waals surface area contributed by atoms with Crippen LogP contribution < -0.4 is 5.32 Å². The van der Waals surface area contributed by atoms with Gasteiger partial charge in [-0.25, -0.2) is 4.39 Å². The molecule has 0 saturated heterocycles. The van der Waals surface area contributed by atoms with E-state index in [-0.39, 0.29) is 5.82 Å². The Kier molecular flexibility index (Phi) is 4.75. The summed E-state index contributed by atoms with van der Waals surface area (Å²) in [7, 11) is 0. The molecule has 1 fully saturated rings. The fraction of sp³-hybridized carbons (Fsp3) is 0.250. The molecule has 0 unspecified atom stereocenters. The lowest BCUT2D eigenvalue weighted by molar-refractivity contribution is 0.579. The third-order valence-corrected chi connectivity index (χ3v) is 5.17. The van der Waals surface area contributed by atoms with E-state index in [4.69, 9.17) is 23.2 Å². The summed E-state index contributed by atoms with van der Waals surface area (Å²) in [6, 6.07) is 11.2. The molecule has 1 aliphatic rings. The van der Waals surface area contributed by atoms with Crippen molar-refractivity contribution >= 4 is 35.0 Å². The van der Waals surface area contributed by atoms with Crippen LogP contribution in [0.25, 0.3) is 0 Å². The van der Waals surface area contributed by atoms with E-state index in [1.807, 2.05) is 12.1 Å². The summed E-state index contributed by atoms with van der Waals surface area (Å²) in [6.45, 7) is 0.557. The Balaban J connectivity index is 1.82. The van der Waals surface area contributed by atoms with Crippen molar-refractivity contribution in [1.82, 2.24) is 5.32 Å². The van der Waals surface area contributed by atoms with Gasteiger partial charge in [0, 0.05) is 27.9 Å². The molecule has 2 aromatic rings.